The molecule has 2 rings (SSSR count). The highest BCUT2D eigenvalue weighted by Gasteiger charge is 2.07. The molecule has 0 fully saturated rings. The van der Waals surface area contributed by atoms with Gasteiger partial charge in [-0.15, -0.1) is 0 Å². The number of benzene rings is 1. The predicted molar refractivity (Wildman–Crippen MR) is 69.9 cm³/mol. The van der Waals surface area contributed by atoms with Crippen molar-refractivity contribution in [3.8, 4) is 11.6 Å². The van der Waals surface area contributed by atoms with Gasteiger partial charge in [-0.25, -0.2) is 4.98 Å². The Balaban J connectivity index is 2.31. The fourth-order valence-electron chi connectivity index (χ4n) is 1.36. The van der Waals surface area contributed by atoms with Crippen molar-refractivity contribution in [2.75, 3.05) is 5.73 Å². The minimum absolute atomic E-state index is 0.333. The van der Waals surface area contributed by atoms with Crippen molar-refractivity contribution in [1.29, 1.82) is 0 Å². The van der Waals surface area contributed by atoms with E-state index in [2.05, 4.69) is 4.98 Å². The molecule has 0 radical (unpaired) electrons. The third kappa shape index (κ3) is 2.81. The molecule has 0 aliphatic heterocycles. The van der Waals surface area contributed by atoms with Crippen LogP contribution >= 0.6 is 23.2 Å². The molecule has 0 amide bonds. The number of hydrogen-bond donors (Lipinski definition) is 1. The summed E-state index contributed by atoms with van der Waals surface area (Å²) in [6.45, 7) is 1.90. The van der Waals surface area contributed by atoms with Crippen LogP contribution in [0.3, 0.4) is 0 Å². The number of aryl methyl sites for hydroxylation is 1. The number of halogens is 2. The van der Waals surface area contributed by atoms with Crippen LogP contribution in [0.2, 0.25) is 10.0 Å². The van der Waals surface area contributed by atoms with E-state index in [0.29, 0.717) is 27.4 Å². The monoisotopic (exact) mass is 268 g/mol. The number of ether oxygens (including phenoxy) is 1. The Kier molecular flexibility index (Phi) is 3.41. The van der Waals surface area contributed by atoms with Crippen LogP contribution in [0.4, 0.5) is 5.69 Å². The van der Waals surface area contributed by atoms with Crippen molar-refractivity contribution in [2.24, 2.45) is 0 Å². The summed E-state index contributed by atoms with van der Waals surface area (Å²) in [5.41, 5.74) is 7.06. The molecule has 2 aromatic rings. The van der Waals surface area contributed by atoms with Crippen molar-refractivity contribution >= 4 is 28.9 Å². The normalized spacial score (nSPS) is 10.3. The zero-order valence-electron chi connectivity index (χ0n) is 9.08. The Morgan fingerprint density at radius 1 is 1.18 bits per heavy atom. The molecule has 0 bridgehead atoms. The summed E-state index contributed by atoms with van der Waals surface area (Å²) in [6, 6.07) is 6.92. The molecule has 1 aromatic heterocycles. The summed E-state index contributed by atoms with van der Waals surface area (Å²) in [4.78, 5) is 4.02. The highest BCUT2D eigenvalue weighted by Crippen LogP contribution is 2.30. The van der Waals surface area contributed by atoms with Gasteiger partial charge in [-0.05, 0) is 36.8 Å². The Bertz CT molecular complexity index is 509. The average Bonchev–Trinajstić information content (AvgIpc) is 2.25. The molecular formula is C12H10Cl2N2O. The molecule has 88 valence electrons. The highest BCUT2D eigenvalue weighted by atomic mass is 35.5. The summed E-state index contributed by atoms with van der Waals surface area (Å²) in [6.07, 6.45) is 1.48. The Morgan fingerprint density at radius 3 is 2.59 bits per heavy atom. The maximum absolute atomic E-state index is 5.86. The molecule has 1 aromatic carbocycles. The summed E-state index contributed by atoms with van der Waals surface area (Å²) in [5, 5.41) is 1.13. The SMILES string of the molecule is Cc1cc(Cl)ccc1Oc1ncc(Cl)cc1N. The lowest BCUT2D eigenvalue weighted by Gasteiger charge is -2.09. The van der Waals surface area contributed by atoms with Gasteiger partial charge in [-0.2, -0.15) is 0 Å². The van der Waals surface area contributed by atoms with Crippen LogP contribution in [-0.2, 0) is 0 Å². The number of nitrogens with zero attached hydrogens (tertiary/aromatic N) is 1. The third-order valence-corrected chi connectivity index (χ3v) is 2.63. The van der Waals surface area contributed by atoms with E-state index >= 15 is 0 Å². The maximum Gasteiger partial charge on any atom is 0.242 e. The van der Waals surface area contributed by atoms with Gasteiger partial charge in [0, 0.05) is 11.2 Å². The van der Waals surface area contributed by atoms with E-state index in [1.54, 1.807) is 18.2 Å². The fourth-order valence-corrected chi connectivity index (χ4v) is 1.75. The van der Waals surface area contributed by atoms with Crippen molar-refractivity contribution < 1.29 is 4.74 Å². The van der Waals surface area contributed by atoms with Gasteiger partial charge in [-0.3, -0.25) is 0 Å². The minimum atomic E-state index is 0.333. The summed E-state index contributed by atoms with van der Waals surface area (Å²) in [5.74, 6) is 0.996. The fraction of sp³-hybridized carbons (Fsp3) is 0.0833. The molecule has 0 saturated heterocycles. The van der Waals surface area contributed by atoms with Gasteiger partial charge in [0.2, 0.25) is 5.88 Å². The molecule has 2 N–H and O–H groups in total. The van der Waals surface area contributed by atoms with Crippen molar-refractivity contribution in [3.63, 3.8) is 0 Å². The van der Waals surface area contributed by atoms with Gasteiger partial charge in [0.25, 0.3) is 0 Å². The predicted octanol–water partition coefficient (Wildman–Crippen LogP) is 4.07. The highest BCUT2D eigenvalue weighted by molar-refractivity contribution is 6.31. The first kappa shape index (κ1) is 12.0. The third-order valence-electron chi connectivity index (χ3n) is 2.19. The summed E-state index contributed by atoms with van der Waals surface area (Å²) in [7, 11) is 0. The van der Waals surface area contributed by atoms with Crippen LogP contribution < -0.4 is 10.5 Å². The van der Waals surface area contributed by atoms with E-state index in [0.717, 1.165) is 5.56 Å². The lowest BCUT2D eigenvalue weighted by atomic mass is 10.2. The molecule has 0 aliphatic carbocycles. The Hall–Kier alpha value is -1.45. The molecule has 0 spiro atoms. The topological polar surface area (TPSA) is 48.1 Å². The molecule has 5 heteroatoms. The smallest absolute Gasteiger partial charge is 0.242 e. The molecule has 1 heterocycles. The molecule has 0 aliphatic rings. The van der Waals surface area contributed by atoms with E-state index in [4.69, 9.17) is 33.7 Å². The Labute approximate surface area is 109 Å². The molecule has 0 unspecified atom stereocenters. The van der Waals surface area contributed by atoms with Gasteiger partial charge >= 0.3 is 0 Å². The number of anilines is 1. The van der Waals surface area contributed by atoms with Crippen LogP contribution in [0.25, 0.3) is 0 Å². The second-order valence-electron chi connectivity index (χ2n) is 3.56. The second-order valence-corrected chi connectivity index (χ2v) is 4.43. The maximum atomic E-state index is 5.86. The first-order valence-corrected chi connectivity index (χ1v) is 5.67. The van der Waals surface area contributed by atoms with Gasteiger partial charge in [0.1, 0.15) is 5.75 Å². The van der Waals surface area contributed by atoms with Gasteiger partial charge in [0.15, 0.2) is 0 Å². The number of pyridine rings is 1. The van der Waals surface area contributed by atoms with E-state index in [9.17, 15) is 0 Å². The number of nitrogens with two attached hydrogens (primary N) is 1. The first-order valence-electron chi connectivity index (χ1n) is 4.91. The van der Waals surface area contributed by atoms with Crippen molar-refractivity contribution in [2.45, 2.75) is 6.92 Å². The summed E-state index contributed by atoms with van der Waals surface area (Å²) >= 11 is 11.6. The van der Waals surface area contributed by atoms with Crippen LogP contribution in [0.1, 0.15) is 5.56 Å². The lowest BCUT2D eigenvalue weighted by molar-refractivity contribution is 0.462. The molecule has 0 atom stereocenters. The van der Waals surface area contributed by atoms with Gasteiger partial charge in [0.05, 0.1) is 10.7 Å². The molecule has 3 nitrogen and oxygen atoms in total. The average molecular weight is 269 g/mol. The van der Waals surface area contributed by atoms with Crippen LogP contribution in [0.15, 0.2) is 30.5 Å². The molecular weight excluding hydrogens is 259 g/mol. The standard InChI is InChI=1S/C12H10Cl2N2O/c1-7-4-8(13)2-3-11(7)17-12-10(15)5-9(14)6-16-12/h2-6H,15H2,1H3. The number of aromatic nitrogens is 1. The molecule has 0 saturated carbocycles. The minimum Gasteiger partial charge on any atom is -0.437 e. The zero-order valence-corrected chi connectivity index (χ0v) is 10.6. The van der Waals surface area contributed by atoms with E-state index in [1.165, 1.54) is 6.20 Å². The molecule has 17 heavy (non-hydrogen) atoms. The number of hydrogen-bond acceptors (Lipinski definition) is 3. The van der Waals surface area contributed by atoms with E-state index in [1.807, 2.05) is 13.0 Å². The van der Waals surface area contributed by atoms with Crippen LogP contribution in [0, 0.1) is 6.92 Å². The first-order chi connectivity index (χ1) is 8.06. The quantitative estimate of drug-likeness (QED) is 0.893. The van der Waals surface area contributed by atoms with Crippen LogP contribution in [0.5, 0.6) is 11.6 Å². The second kappa shape index (κ2) is 4.82. The number of rotatable bonds is 2. The van der Waals surface area contributed by atoms with Crippen LogP contribution in [-0.4, -0.2) is 4.98 Å². The number of nitrogen functional groups attached to an aromatic ring is 1. The lowest BCUT2D eigenvalue weighted by Crippen LogP contribution is -1.96. The van der Waals surface area contributed by atoms with Gasteiger partial charge < -0.3 is 10.5 Å². The van der Waals surface area contributed by atoms with Crippen molar-refractivity contribution in [1.82, 2.24) is 4.98 Å². The van der Waals surface area contributed by atoms with E-state index < -0.39 is 0 Å². The Morgan fingerprint density at radius 2 is 1.94 bits per heavy atom. The zero-order chi connectivity index (χ0) is 12.4. The summed E-state index contributed by atoms with van der Waals surface area (Å²) < 4.78 is 5.60. The van der Waals surface area contributed by atoms with Crippen molar-refractivity contribution in [3.05, 3.63) is 46.1 Å². The van der Waals surface area contributed by atoms with E-state index in [-0.39, 0.29) is 0 Å². The van der Waals surface area contributed by atoms with Gasteiger partial charge in [-0.1, -0.05) is 23.2 Å². The largest absolute Gasteiger partial charge is 0.437 e.